The number of anilines is 1. The van der Waals surface area contributed by atoms with E-state index in [1.165, 1.54) is 10.9 Å². The zero-order valence-electron chi connectivity index (χ0n) is 11.9. The van der Waals surface area contributed by atoms with Gasteiger partial charge in [0.1, 0.15) is 5.82 Å². The zero-order chi connectivity index (χ0) is 15.9. The number of carbonyl (C=O) groups is 1. The normalized spacial score (nSPS) is 10.9. The molecule has 0 aliphatic carbocycles. The van der Waals surface area contributed by atoms with Crippen molar-refractivity contribution < 1.29 is 9.18 Å². The first-order chi connectivity index (χ1) is 10.5. The molecule has 0 saturated carbocycles. The number of rotatable bonds is 2. The van der Waals surface area contributed by atoms with E-state index < -0.39 is 11.7 Å². The van der Waals surface area contributed by atoms with Gasteiger partial charge >= 0.3 is 0 Å². The Kier molecular flexibility index (Phi) is 3.54. The van der Waals surface area contributed by atoms with Crippen molar-refractivity contribution >= 4 is 34.2 Å². The topological polar surface area (TPSA) is 59.8 Å². The van der Waals surface area contributed by atoms with Gasteiger partial charge in [0, 0.05) is 24.0 Å². The minimum Gasteiger partial charge on any atom is -0.322 e. The zero-order valence-corrected chi connectivity index (χ0v) is 12.6. The molecule has 2 aromatic heterocycles. The number of amides is 1. The molecule has 7 heteroatoms. The van der Waals surface area contributed by atoms with Crippen LogP contribution in [0.5, 0.6) is 0 Å². The molecule has 2 heterocycles. The van der Waals surface area contributed by atoms with Gasteiger partial charge in [0.05, 0.1) is 16.6 Å². The van der Waals surface area contributed by atoms with Crippen LogP contribution in [0.1, 0.15) is 16.1 Å². The van der Waals surface area contributed by atoms with Crippen LogP contribution in [-0.2, 0) is 7.05 Å². The van der Waals surface area contributed by atoms with E-state index in [1.54, 1.807) is 38.2 Å². The summed E-state index contributed by atoms with van der Waals surface area (Å²) in [5.74, 6) is -1.19. The largest absolute Gasteiger partial charge is 0.322 e. The van der Waals surface area contributed by atoms with Crippen LogP contribution in [0.2, 0.25) is 5.02 Å². The van der Waals surface area contributed by atoms with Crippen molar-refractivity contribution in [3.8, 4) is 0 Å². The molecule has 0 unspecified atom stereocenters. The van der Waals surface area contributed by atoms with Crippen molar-refractivity contribution in [1.82, 2.24) is 14.8 Å². The van der Waals surface area contributed by atoms with E-state index in [-0.39, 0.29) is 10.9 Å². The summed E-state index contributed by atoms with van der Waals surface area (Å²) in [5, 5.41) is 7.54. The van der Waals surface area contributed by atoms with Gasteiger partial charge in [0.15, 0.2) is 5.65 Å². The van der Waals surface area contributed by atoms with E-state index in [0.29, 0.717) is 22.1 Å². The summed E-state index contributed by atoms with van der Waals surface area (Å²) in [5.41, 5.74) is 1.29. The molecule has 112 valence electrons. The second kappa shape index (κ2) is 5.38. The molecule has 1 aromatic carbocycles. The molecule has 0 atom stereocenters. The van der Waals surface area contributed by atoms with Crippen LogP contribution in [-0.4, -0.2) is 20.7 Å². The summed E-state index contributed by atoms with van der Waals surface area (Å²) >= 11 is 5.78. The molecule has 1 N–H and O–H groups in total. The predicted molar refractivity (Wildman–Crippen MR) is 82.6 cm³/mol. The van der Waals surface area contributed by atoms with Crippen molar-refractivity contribution in [1.29, 1.82) is 0 Å². The Morgan fingerprint density at radius 3 is 2.68 bits per heavy atom. The van der Waals surface area contributed by atoms with Crippen molar-refractivity contribution in [3.63, 3.8) is 0 Å². The maximum atomic E-state index is 14.6. The predicted octanol–water partition coefficient (Wildman–Crippen LogP) is 3.32. The first-order valence-electron chi connectivity index (χ1n) is 6.52. The molecule has 0 aliphatic heterocycles. The number of hydrogen-bond donors (Lipinski definition) is 1. The number of carbonyl (C=O) groups excluding carboxylic acids is 1. The first kappa shape index (κ1) is 14.5. The van der Waals surface area contributed by atoms with E-state index in [0.717, 1.165) is 0 Å². The minimum atomic E-state index is -0.623. The number of aryl methyl sites for hydroxylation is 2. The van der Waals surface area contributed by atoms with Gasteiger partial charge in [-0.1, -0.05) is 11.6 Å². The molecular weight excluding hydrogens is 307 g/mol. The number of fused-ring (bicyclic) bond motifs is 1. The molecule has 0 bridgehead atoms. The van der Waals surface area contributed by atoms with Crippen LogP contribution in [0, 0.1) is 12.7 Å². The molecule has 0 radical (unpaired) electrons. The van der Waals surface area contributed by atoms with Gasteiger partial charge in [-0.05, 0) is 31.2 Å². The Hall–Kier alpha value is -2.47. The highest BCUT2D eigenvalue weighted by molar-refractivity contribution is 6.30. The van der Waals surface area contributed by atoms with Crippen LogP contribution in [0.15, 0.2) is 30.5 Å². The third kappa shape index (κ3) is 2.42. The lowest BCUT2D eigenvalue weighted by molar-refractivity contribution is 0.102. The molecular formula is C15H12ClFN4O. The molecule has 3 rings (SSSR count). The van der Waals surface area contributed by atoms with E-state index in [9.17, 15) is 9.18 Å². The Morgan fingerprint density at radius 1 is 1.32 bits per heavy atom. The monoisotopic (exact) mass is 318 g/mol. The average Bonchev–Trinajstić information content (AvgIpc) is 2.77. The van der Waals surface area contributed by atoms with Crippen LogP contribution in [0.4, 0.5) is 10.1 Å². The third-order valence-electron chi connectivity index (χ3n) is 3.31. The number of pyridine rings is 1. The van der Waals surface area contributed by atoms with Gasteiger partial charge < -0.3 is 5.32 Å². The summed E-state index contributed by atoms with van der Waals surface area (Å²) in [6, 6.07) is 6.55. The van der Waals surface area contributed by atoms with Gasteiger partial charge in [-0.2, -0.15) is 5.10 Å². The highest BCUT2D eigenvalue weighted by atomic mass is 35.5. The van der Waals surface area contributed by atoms with Gasteiger partial charge in [-0.3, -0.25) is 9.48 Å². The number of nitrogens with one attached hydrogen (secondary N) is 1. The summed E-state index contributed by atoms with van der Waals surface area (Å²) < 4.78 is 16.1. The molecule has 0 saturated heterocycles. The second-order valence-electron chi connectivity index (χ2n) is 4.85. The van der Waals surface area contributed by atoms with Gasteiger partial charge in [0.2, 0.25) is 0 Å². The third-order valence-corrected chi connectivity index (χ3v) is 3.56. The van der Waals surface area contributed by atoms with Gasteiger partial charge in [0.25, 0.3) is 5.91 Å². The first-order valence-corrected chi connectivity index (χ1v) is 6.90. The molecule has 1 amide bonds. The second-order valence-corrected chi connectivity index (χ2v) is 5.29. The SMILES string of the molecule is Cc1nn(C)c2ncc(C(=O)Nc3ccc(Cl)cc3)c(F)c12. The maximum absolute atomic E-state index is 14.6. The number of halogens is 2. The van der Waals surface area contributed by atoms with Crippen LogP contribution >= 0.6 is 11.6 Å². The molecule has 3 aromatic rings. The molecule has 22 heavy (non-hydrogen) atoms. The van der Waals surface area contributed by atoms with Crippen molar-refractivity contribution in [3.05, 3.63) is 52.6 Å². The molecule has 0 fully saturated rings. The minimum absolute atomic E-state index is 0.126. The highest BCUT2D eigenvalue weighted by Gasteiger charge is 2.19. The molecule has 5 nitrogen and oxygen atoms in total. The fraction of sp³-hybridized carbons (Fsp3) is 0.133. The summed E-state index contributed by atoms with van der Waals surface area (Å²) in [6.45, 7) is 1.67. The summed E-state index contributed by atoms with van der Waals surface area (Å²) in [6.07, 6.45) is 1.21. The lowest BCUT2D eigenvalue weighted by Gasteiger charge is -2.07. The van der Waals surface area contributed by atoms with E-state index in [4.69, 9.17) is 11.6 Å². The highest BCUT2D eigenvalue weighted by Crippen LogP contribution is 2.22. The lowest BCUT2D eigenvalue weighted by atomic mass is 10.1. The maximum Gasteiger partial charge on any atom is 0.260 e. The molecule has 0 spiro atoms. The quantitative estimate of drug-likeness (QED) is 0.788. The van der Waals surface area contributed by atoms with Crippen molar-refractivity contribution in [2.24, 2.45) is 7.05 Å². The fourth-order valence-electron chi connectivity index (χ4n) is 2.26. The lowest BCUT2D eigenvalue weighted by Crippen LogP contribution is -2.14. The molecule has 0 aliphatic rings. The fourth-order valence-corrected chi connectivity index (χ4v) is 2.38. The van der Waals surface area contributed by atoms with Crippen LogP contribution in [0.3, 0.4) is 0 Å². The smallest absolute Gasteiger partial charge is 0.260 e. The van der Waals surface area contributed by atoms with E-state index in [1.807, 2.05) is 0 Å². The van der Waals surface area contributed by atoms with Crippen LogP contribution in [0.25, 0.3) is 11.0 Å². The average molecular weight is 319 g/mol. The van der Waals surface area contributed by atoms with Crippen molar-refractivity contribution in [2.75, 3.05) is 5.32 Å². The Morgan fingerprint density at radius 2 is 2.00 bits per heavy atom. The van der Waals surface area contributed by atoms with Crippen molar-refractivity contribution in [2.45, 2.75) is 6.92 Å². The van der Waals surface area contributed by atoms with Crippen LogP contribution < -0.4 is 5.32 Å². The van der Waals surface area contributed by atoms with E-state index in [2.05, 4.69) is 15.4 Å². The number of hydrogen-bond acceptors (Lipinski definition) is 3. The van der Waals surface area contributed by atoms with E-state index >= 15 is 0 Å². The Balaban J connectivity index is 1.99. The summed E-state index contributed by atoms with van der Waals surface area (Å²) in [7, 11) is 1.68. The number of benzene rings is 1. The number of aromatic nitrogens is 3. The Bertz CT molecular complexity index is 873. The Labute approximate surface area is 130 Å². The standard InChI is InChI=1S/C15H12ClFN4O/c1-8-12-13(17)11(7-18-14(12)21(2)20-8)15(22)19-10-5-3-9(16)4-6-10/h3-7H,1-2H3,(H,19,22). The van der Waals surface area contributed by atoms with Gasteiger partial charge in [-0.25, -0.2) is 9.37 Å². The number of nitrogens with zero attached hydrogens (tertiary/aromatic N) is 3. The summed E-state index contributed by atoms with van der Waals surface area (Å²) in [4.78, 5) is 16.3. The van der Waals surface area contributed by atoms with Gasteiger partial charge in [-0.15, -0.1) is 0 Å².